The maximum Gasteiger partial charge on any atom is 0.238 e. The molecule has 1 unspecified atom stereocenters. The summed E-state index contributed by atoms with van der Waals surface area (Å²) in [5, 5.41) is 5.89. The molecule has 0 aliphatic carbocycles. The zero-order chi connectivity index (χ0) is 14.4. The van der Waals surface area contributed by atoms with Crippen molar-refractivity contribution in [2.45, 2.75) is 6.04 Å². The number of ether oxygens (including phenoxy) is 1. The van der Waals surface area contributed by atoms with Gasteiger partial charge < -0.3 is 15.4 Å². The molecule has 1 heterocycles. The SMILES string of the molecule is CNC(=O)C1CNCCN1CCOc1ccc(F)cc1. The molecule has 1 atom stereocenters. The third-order valence-corrected chi connectivity index (χ3v) is 3.36. The van der Waals surface area contributed by atoms with Gasteiger partial charge in [0.1, 0.15) is 24.2 Å². The van der Waals surface area contributed by atoms with Crippen molar-refractivity contribution in [3.63, 3.8) is 0 Å². The quantitative estimate of drug-likeness (QED) is 0.811. The number of halogens is 1. The van der Waals surface area contributed by atoms with Crippen LogP contribution in [0.2, 0.25) is 0 Å². The van der Waals surface area contributed by atoms with Gasteiger partial charge in [-0.05, 0) is 24.3 Å². The predicted molar refractivity (Wildman–Crippen MR) is 74.2 cm³/mol. The highest BCUT2D eigenvalue weighted by atomic mass is 19.1. The van der Waals surface area contributed by atoms with Crippen molar-refractivity contribution in [1.29, 1.82) is 0 Å². The van der Waals surface area contributed by atoms with E-state index in [2.05, 4.69) is 15.5 Å². The van der Waals surface area contributed by atoms with Crippen LogP contribution in [-0.4, -0.2) is 56.7 Å². The average molecular weight is 281 g/mol. The Morgan fingerprint density at radius 1 is 1.50 bits per heavy atom. The molecule has 1 saturated heterocycles. The van der Waals surface area contributed by atoms with Crippen LogP contribution in [0.3, 0.4) is 0 Å². The molecule has 5 nitrogen and oxygen atoms in total. The number of nitrogens with zero attached hydrogens (tertiary/aromatic N) is 1. The van der Waals surface area contributed by atoms with Gasteiger partial charge in [-0.25, -0.2) is 4.39 Å². The van der Waals surface area contributed by atoms with Crippen LogP contribution in [0.15, 0.2) is 24.3 Å². The van der Waals surface area contributed by atoms with Crippen molar-refractivity contribution < 1.29 is 13.9 Å². The summed E-state index contributed by atoms with van der Waals surface area (Å²) in [5.41, 5.74) is 0. The largest absolute Gasteiger partial charge is 0.492 e. The second-order valence-corrected chi connectivity index (χ2v) is 4.67. The van der Waals surface area contributed by atoms with E-state index in [-0.39, 0.29) is 17.8 Å². The monoisotopic (exact) mass is 281 g/mol. The first-order valence-corrected chi connectivity index (χ1v) is 6.75. The molecule has 1 aliphatic heterocycles. The van der Waals surface area contributed by atoms with Crippen molar-refractivity contribution in [3.05, 3.63) is 30.1 Å². The number of rotatable bonds is 5. The van der Waals surface area contributed by atoms with E-state index < -0.39 is 0 Å². The minimum atomic E-state index is -0.279. The number of carbonyl (C=O) groups excluding carboxylic acids is 1. The van der Waals surface area contributed by atoms with Crippen LogP contribution in [0.25, 0.3) is 0 Å². The smallest absolute Gasteiger partial charge is 0.238 e. The Bertz CT molecular complexity index is 439. The molecule has 1 aliphatic rings. The third kappa shape index (κ3) is 3.91. The van der Waals surface area contributed by atoms with Crippen LogP contribution in [0.4, 0.5) is 4.39 Å². The molecule has 1 aromatic rings. The van der Waals surface area contributed by atoms with E-state index >= 15 is 0 Å². The van der Waals surface area contributed by atoms with Crippen molar-refractivity contribution in [2.24, 2.45) is 0 Å². The lowest BCUT2D eigenvalue weighted by Gasteiger charge is -2.34. The molecule has 0 saturated carbocycles. The number of hydrogen-bond acceptors (Lipinski definition) is 4. The van der Waals surface area contributed by atoms with Crippen LogP contribution in [0, 0.1) is 5.82 Å². The van der Waals surface area contributed by atoms with E-state index in [0.29, 0.717) is 25.4 Å². The van der Waals surface area contributed by atoms with Gasteiger partial charge in [-0.15, -0.1) is 0 Å². The number of benzene rings is 1. The minimum Gasteiger partial charge on any atom is -0.492 e. The molecule has 110 valence electrons. The van der Waals surface area contributed by atoms with Crippen LogP contribution in [0.1, 0.15) is 0 Å². The molecule has 0 spiro atoms. The summed E-state index contributed by atoms with van der Waals surface area (Å²) in [5.74, 6) is 0.371. The van der Waals surface area contributed by atoms with Crippen molar-refractivity contribution in [2.75, 3.05) is 39.8 Å². The molecule has 1 amide bonds. The fraction of sp³-hybridized carbons (Fsp3) is 0.500. The van der Waals surface area contributed by atoms with E-state index in [9.17, 15) is 9.18 Å². The highest BCUT2D eigenvalue weighted by molar-refractivity contribution is 5.81. The number of hydrogen-bond donors (Lipinski definition) is 2. The second kappa shape index (κ2) is 7.21. The summed E-state index contributed by atoms with van der Waals surface area (Å²) in [6.07, 6.45) is 0. The van der Waals surface area contributed by atoms with Crippen LogP contribution in [0.5, 0.6) is 5.75 Å². The lowest BCUT2D eigenvalue weighted by Crippen LogP contribution is -2.58. The molecular weight excluding hydrogens is 261 g/mol. The number of carbonyl (C=O) groups is 1. The van der Waals surface area contributed by atoms with Gasteiger partial charge in [0.05, 0.1) is 0 Å². The van der Waals surface area contributed by atoms with Crippen molar-refractivity contribution in [1.82, 2.24) is 15.5 Å². The third-order valence-electron chi connectivity index (χ3n) is 3.36. The number of likely N-dealkylation sites (N-methyl/N-ethyl adjacent to an activating group) is 1. The lowest BCUT2D eigenvalue weighted by molar-refractivity contribution is -0.126. The zero-order valence-corrected chi connectivity index (χ0v) is 11.6. The Kier molecular flexibility index (Phi) is 5.31. The molecule has 0 radical (unpaired) electrons. The van der Waals surface area contributed by atoms with Gasteiger partial charge >= 0.3 is 0 Å². The highest BCUT2D eigenvalue weighted by Gasteiger charge is 2.27. The topological polar surface area (TPSA) is 53.6 Å². The van der Waals surface area contributed by atoms with Gasteiger partial charge in [-0.1, -0.05) is 0 Å². The fourth-order valence-corrected chi connectivity index (χ4v) is 2.25. The summed E-state index contributed by atoms with van der Waals surface area (Å²) in [6, 6.07) is 5.78. The average Bonchev–Trinajstić information content (AvgIpc) is 2.49. The normalized spacial score (nSPS) is 19.6. The van der Waals surface area contributed by atoms with Crippen LogP contribution in [-0.2, 0) is 4.79 Å². The number of piperazine rings is 1. The van der Waals surface area contributed by atoms with Crippen LogP contribution >= 0.6 is 0 Å². The first-order chi connectivity index (χ1) is 9.70. The van der Waals surface area contributed by atoms with E-state index in [1.807, 2.05) is 0 Å². The number of nitrogens with one attached hydrogen (secondary N) is 2. The summed E-state index contributed by atoms with van der Waals surface area (Å²) in [6.45, 7) is 3.46. The molecule has 6 heteroatoms. The fourth-order valence-electron chi connectivity index (χ4n) is 2.25. The van der Waals surface area contributed by atoms with Gasteiger partial charge in [0, 0.05) is 33.2 Å². The minimum absolute atomic E-state index is 0.0129. The first-order valence-electron chi connectivity index (χ1n) is 6.75. The van der Waals surface area contributed by atoms with Gasteiger partial charge in [0.2, 0.25) is 5.91 Å². The van der Waals surface area contributed by atoms with Gasteiger partial charge in [0.25, 0.3) is 0 Å². The zero-order valence-electron chi connectivity index (χ0n) is 11.6. The highest BCUT2D eigenvalue weighted by Crippen LogP contribution is 2.11. The van der Waals surface area contributed by atoms with Gasteiger partial charge in [-0.3, -0.25) is 9.69 Å². The molecular formula is C14H20FN3O2. The lowest BCUT2D eigenvalue weighted by atomic mass is 10.2. The van der Waals surface area contributed by atoms with Crippen molar-refractivity contribution in [3.8, 4) is 5.75 Å². The molecule has 2 N–H and O–H groups in total. The maximum absolute atomic E-state index is 12.8. The number of amides is 1. The van der Waals surface area contributed by atoms with Gasteiger partial charge in [-0.2, -0.15) is 0 Å². The maximum atomic E-state index is 12.8. The summed E-state index contributed by atoms with van der Waals surface area (Å²) < 4.78 is 18.3. The van der Waals surface area contributed by atoms with Gasteiger partial charge in [0.15, 0.2) is 0 Å². The molecule has 2 rings (SSSR count). The van der Waals surface area contributed by atoms with Crippen molar-refractivity contribution >= 4 is 5.91 Å². The summed E-state index contributed by atoms with van der Waals surface area (Å²) in [4.78, 5) is 13.9. The molecule has 1 aromatic carbocycles. The summed E-state index contributed by atoms with van der Waals surface area (Å²) in [7, 11) is 1.64. The summed E-state index contributed by atoms with van der Waals surface area (Å²) >= 11 is 0. The molecule has 0 bridgehead atoms. The molecule has 1 fully saturated rings. The Morgan fingerprint density at radius 3 is 2.95 bits per heavy atom. The standard InChI is InChI=1S/C14H20FN3O2/c1-16-14(19)13-10-17-6-7-18(13)8-9-20-12-4-2-11(15)3-5-12/h2-5,13,17H,6-10H2,1H3,(H,16,19). The first kappa shape index (κ1) is 14.7. The second-order valence-electron chi connectivity index (χ2n) is 4.67. The van der Waals surface area contributed by atoms with Crippen LogP contribution < -0.4 is 15.4 Å². The Morgan fingerprint density at radius 2 is 2.25 bits per heavy atom. The Balaban J connectivity index is 1.82. The Labute approximate surface area is 118 Å². The van der Waals surface area contributed by atoms with E-state index in [4.69, 9.17) is 4.74 Å². The molecule has 20 heavy (non-hydrogen) atoms. The van der Waals surface area contributed by atoms with E-state index in [0.717, 1.165) is 13.1 Å². The molecule has 0 aromatic heterocycles. The van der Waals surface area contributed by atoms with E-state index in [1.54, 1.807) is 19.2 Å². The van der Waals surface area contributed by atoms with E-state index in [1.165, 1.54) is 12.1 Å². The Hall–Kier alpha value is -1.66. The predicted octanol–water partition coefficient (Wildman–Crippen LogP) is 0.224.